The molecule has 0 N–H and O–H groups in total. The predicted molar refractivity (Wildman–Crippen MR) is 81.4 cm³/mol. The minimum atomic E-state index is -3.54. The highest BCUT2D eigenvalue weighted by molar-refractivity contribution is 7.89. The van der Waals surface area contributed by atoms with E-state index in [9.17, 15) is 13.2 Å². The number of methoxy groups -OCH3 is 1. The van der Waals surface area contributed by atoms with E-state index in [1.165, 1.54) is 23.5 Å². The van der Waals surface area contributed by atoms with E-state index in [0.29, 0.717) is 18.7 Å². The van der Waals surface area contributed by atoms with Crippen LogP contribution in [-0.4, -0.2) is 38.9 Å². The van der Waals surface area contributed by atoms with Gasteiger partial charge in [0.15, 0.2) is 0 Å². The number of nitrogens with zero attached hydrogens (tertiary/aromatic N) is 1. The SMILES string of the molecule is C=C(C)CN(CC)S(=O)(=O)c1ccc(CC(=O)OC)cc1. The lowest BCUT2D eigenvalue weighted by atomic mass is 10.2. The Kier molecular flexibility index (Phi) is 6.11. The van der Waals surface area contributed by atoms with Gasteiger partial charge in [0.25, 0.3) is 0 Å². The zero-order valence-corrected chi connectivity index (χ0v) is 13.4. The molecule has 0 atom stereocenters. The molecule has 0 radical (unpaired) electrons. The molecule has 0 saturated heterocycles. The van der Waals surface area contributed by atoms with Gasteiger partial charge in [0.2, 0.25) is 10.0 Å². The summed E-state index contributed by atoms with van der Waals surface area (Å²) in [5.41, 5.74) is 1.49. The van der Waals surface area contributed by atoms with Gasteiger partial charge in [-0.2, -0.15) is 4.31 Å². The van der Waals surface area contributed by atoms with Crippen molar-refractivity contribution in [3.05, 3.63) is 42.0 Å². The molecule has 0 bridgehead atoms. The molecule has 1 rings (SSSR count). The Hall–Kier alpha value is -1.66. The number of esters is 1. The fraction of sp³-hybridized carbons (Fsp3) is 0.400. The minimum absolute atomic E-state index is 0.125. The van der Waals surface area contributed by atoms with E-state index in [4.69, 9.17) is 0 Å². The minimum Gasteiger partial charge on any atom is -0.469 e. The number of carbonyl (C=O) groups is 1. The van der Waals surface area contributed by atoms with Gasteiger partial charge in [0, 0.05) is 13.1 Å². The molecule has 21 heavy (non-hydrogen) atoms. The van der Waals surface area contributed by atoms with Crippen LogP contribution in [0.25, 0.3) is 0 Å². The third-order valence-electron chi connectivity index (χ3n) is 2.94. The molecule has 0 aliphatic rings. The molecule has 0 unspecified atom stereocenters. The number of likely N-dealkylation sites (N-methyl/N-ethyl adjacent to an activating group) is 1. The van der Waals surface area contributed by atoms with Crippen molar-refractivity contribution in [1.82, 2.24) is 4.31 Å². The van der Waals surface area contributed by atoms with Crippen molar-refractivity contribution < 1.29 is 17.9 Å². The summed E-state index contributed by atoms with van der Waals surface area (Å²) in [5.74, 6) is -0.358. The average Bonchev–Trinajstić information content (AvgIpc) is 2.44. The van der Waals surface area contributed by atoms with Gasteiger partial charge in [0.1, 0.15) is 0 Å². The topological polar surface area (TPSA) is 63.7 Å². The molecule has 0 aliphatic carbocycles. The van der Waals surface area contributed by atoms with Crippen LogP contribution >= 0.6 is 0 Å². The maximum absolute atomic E-state index is 12.5. The number of rotatable bonds is 7. The van der Waals surface area contributed by atoms with Crippen LogP contribution in [0.5, 0.6) is 0 Å². The van der Waals surface area contributed by atoms with Gasteiger partial charge >= 0.3 is 5.97 Å². The molecule has 0 spiro atoms. The highest BCUT2D eigenvalue weighted by atomic mass is 32.2. The number of hydrogen-bond acceptors (Lipinski definition) is 4. The smallest absolute Gasteiger partial charge is 0.309 e. The summed E-state index contributed by atoms with van der Waals surface area (Å²) in [7, 11) is -2.22. The van der Waals surface area contributed by atoms with Crippen molar-refractivity contribution in [3.63, 3.8) is 0 Å². The fourth-order valence-corrected chi connectivity index (χ4v) is 3.34. The third-order valence-corrected chi connectivity index (χ3v) is 4.87. The molecule has 0 saturated carbocycles. The predicted octanol–water partition coefficient (Wildman–Crippen LogP) is 1.99. The van der Waals surface area contributed by atoms with Crippen LogP contribution in [0, 0.1) is 0 Å². The Morgan fingerprint density at radius 1 is 1.29 bits per heavy atom. The van der Waals surface area contributed by atoms with Gasteiger partial charge in [-0.3, -0.25) is 4.79 Å². The van der Waals surface area contributed by atoms with E-state index < -0.39 is 10.0 Å². The lowest BCUT2D eigenvalue weighted by Crippen LogP contribution is -2.32. The summed E-state index contributed by atoms with van der Waals surface area (Å²) in [6, 6.07) is 6.26. The van der Waals surface area contributed by atoms with E-state index in [0.717, 1.165) is 5.57 Å². The van der Waals surface area contributed by atoms with Gasteiger partial charge in [-0.1, -0.05) is 31.2 Å². The lowest BCUT2D eigenvalue weighted by Gasteiger charge is -2.20. The normalized spacial score (nSPS) is 11.4. The summed E-state index contributed by atoms with van der Waals surface area (Å²) >= 11 is 0. The Morgan fingerprint density at radius 2 is 1.86 bits per heavy atom. The number of ether oxygens (including phenoxy) is 1. The lowest BCUT2D eigenvalue weighted by molar-refractivity contribution is -0.139. The zero-order chi connectivity index (χ0) is 16.0. The fourth-order valence-electron chi connectivity index (χ4n) is 1.83. The number of sulfonamides is 1. The number of benzene rings is 1. The first kappa shape index (κ1) is 17.4. The second-order valence-corrected chi connectivity index (χ2v) is 6.72. The van der Waals surface area contributed by atoms with Crippen molar-refractivity contribution in [2.75, 3.05) is 20.2 Å². The molecule has 6 heteroatoms. The highest BCUT2D eigenvalue weighted by Gasteiger charge is 2.22. The Labute approximate surface area is 126 Å². The van der Waals surface area contributed by atoms with Crippen molar-refractivity contribution in [2.24, 2.45) is 0 Å². The molecule has 0 aromatic heterocycles. The van der Waals surface area contributed by atoms with E-state index in [-0.39, 0.29) is 17.3 Å². The monoisotopic (exact) mass is 311 g/mol. The Morgan fingerprint density at radius 3 is 2.29 bits per heavy atom. The Bertz CT molecular complexity index is 605. The first-order chi connectivity index (χ1) is 9.81. The van der Waals surface area contributed by atoms with E-state index in [1.54, 1.807) is 26.0 Å². The molecule has 0 aliphatic heterocycles. The zero-order valence-electron chi connectivity index (χ0n) is 12.6. The molecular weight excluding hydrogens is 290 g/mol. The first-order valence-electron chi connectivity index (χ1n) is 6.61. The molecule has 0 amide bonds. The molecule has 1 aromatic rings. The molecule has 1 aromatic carbocycles. The summed E-state index contributed by atoms with van der Waals surface area (Å²) < 4.78 is 30.9. The summed E-state index contributed by atoms with van der Waals surface area (Å²) in [6.45, 7) is 7.99. The average molecular weight is 311 g/mol. The first-order valence-corrected chi connectivity index (χ1v) is 8.05. The van der Waals surface area contributed by atoms with Gasteiger partial charge < -0.3 is 4.74 Å². The summed E-state index contributed by atoms with van der Waals surface area (Å²) in [6.07, 6.45) is 0.125. The number of carbonyl (C=O) groups excluding carboxylic acids is 1. The van der Waals surface area contributed by atoms with Gasteiger partial charge in [0.05, 0.1) is 18.4 Å². The maximum atomic E-state index is 12.5. The number of hydrogen-bond donors (Lipinski definition) is 0. The Balaban J connectivity index is 2.98. The van der Waals surface area contributed by atoms with Gasteiger partial charge in [-0.25, -0.2) is 8.42 Å². The van der Waals surface area contributed by atoms with Crippen LogP contribution in [0.4, 0.5) is 0 Å². The molecular formula is C15H21NO4S. The second-order valence-electron chi connectivity index (χ2n) is 4.79. The van der Waals surface area contributed by atoms with Crippen LogP contribution in [0.3, 0.4) is 0 Å². The maximum Gasteiger partial charge on any atom is 0.309 e. The molecule has 116 valence electrons. The van der Waals surface area contributed by atoms with Crippen molar-refractivity contribution in [3.8, 4) is 0 Å². The van der Waals surface area contributed by atoms with Gasteiger partial charge in [-0.05, 0) is 24.6 Å². The second kappa shape index (κ2) is 7.38. The quantitative estimate of drug-likeness (QED) is 0.570. The molecule has 0 fully saturated rings. The van der Waals surface area contributed by atoms with E-state index in [2.05, 4.69) is 11.3 Å². The van der Waals surface area contributed by atoms with Crippen molar-refractivity contribution >= 4 is 16.0 Å². The largest absolute Gasteiger partial charge is 0.469 e. The van der Waals surface area contributed by atoms with Crippen LogP contribution in [0.15, 0.2) is 41.3 Å². The van der Waals surface area contributed by atoms with Crippen molar-refractivity contribution in [2.45, 2.75) is 25.2 Å². The standard InChI is InChI=1S/C15H21NO4S/c1-5-16(11-12(2)3)21(18,19)14-8-6-13(7-9-14)10-15(17)20-4/h6-9H,2,5,10-11H2,1,3-4H3. The van der Waals surface area contributed by atoms with E-state index in [1.807, 2.05) is 0 Å². The van der Waals surface area contributed by atoms with Crippen LogP contribution in [0.1, 0.15) is 19.4 Å². The molecule has 0 heterocycles. The highest BCUT2D eigenvalue weighted by Crippen LogP contribution is 2.17. The van der Waals surface area contributed by atoms with Crippen LogP contribution in [-0.2, 0) is 26.0 Å². The van der Waals surface area contributed by atoms with Crippen LogP contribution < -0.4 is 0 Å². The van der Waals surface area contributed by atoms with Crippen LogP contribution in [0.2, 0.25) is 0 Å². The van der Waals surface area contributed by atoms with Gasteiger partial charge in [-0.15, -0.1) is 0 Å². The third kappa shape index (κ3) is 4.68. The molecule has 5 nitrogen and oxygen atoms in total. The summed E-state index contributed by atoms with van der Waals surface area (Å²) in [5, 5.41) is 0. The summed E-state index contributed by atoms with van der Waals surface area (Å²) in [4.78, 5) is 11.4. The van der Waals surface area contributed by atoms with Crippen molar-refractivity contribution in [1.29, 1.82) is 0 Å². The van der Waals surface area contributed by atoms with E-state index >= 15 is 0 Å².